The molecule has 90 valence electrons. The summed E-state index contributed by atoms with van der Waals surface area (Å²) in [5.41, 5.74) is 11.1. The summed E-state index contributed by atoms with van der Waals surface area (Å²) in [5.74, 6) is 0.299. The molecule has 0 saturated heterocycles. The minimum absolute atomic E-state index is 0.299. The first-order chi connectivity index (χ1) is 8.66. The lowest BCUT2D eigenvalue weighted by Crippen LogP contribution is -1.97. The van der Waals surface area contributed by atoms with Crippen LogP contribution in [0.4, 0.5) is 5.95 Å². The second-order valence-electron chi connectivity index (χ2n) is 4.40. The fourth-order valence-corrected chi connectivity index (χ4v) is 2.15. The van der Waals surface area contributed by atoms with Gasteiger partial charge in [-0.05, 0) is 37.1 Å². The maximum Gasteiger partial charge on any atom is 0.240 e. The van der Waals surface area contributed by atoms with Crippen molar-refractivity contribution in [2.45, 2.75) is 13.8 Å². The van der Waals surface area contributed by atoms with Crippen LogP contribution in [0.2, 0.25) is 0 Å². The van der Waals surface area contributed by atoms with Crippen LogP contribution in [0.25, 0.3) is 16.9 Å². The van der Waals surface area contributed by atoms with Gasteiger partial charge in [0.25, 0.3) is 0 Å². The maximum absolute atomic E-state index is 5.66. The van der Waals surface area contributed by atoms with Gasteiger partial charge in [-0.15, -0.1) is 5.10 Å². The Morgan fingerprint density at radius 1 is 1.06 bits per heavy atom. The first-order valence-electron chi connectivity index (χ1n) is 5.84. The molecule has 2 heterocycles. The predicted molar refractivity (Wildman–Crippen MR) is 72.3 cm³/mol. The number of rotatable bonds is 1. The predicted octanol–water partition coefficient (Wildman–Crippen LogP) is 2.60. The molecule has 0 aliphatic heterocycles. The molecule has 0 radical (unpaired) electrons. The van der Waals surface area contributed by atoms with E-state index in [-0.39, 0.29) is 0 Å². The first-order valence-corrected chi connectivity index (χ1v) is 5.84. The molecule has 4 heteroatoms. The van der Waals surface area contributed by atoms with Gasteiger partial charge < -0.3 is 5.73 Å². The van der Waals surface area contributed by atoms with E-state index in [0.717, 1.165) is 16.9 Å². The van der Waals surface area contributed by atoms with E-state index in [9.17, 15) is 0 Å². The molecule has 0 aliphatic rings. The molecule has 2 N–H and O–H groups in total. The van der Waals surface area contributed by atoms with Gasteiger partial charge in [-0.1, -0.05) is 24.3 Å². The Morgan fingerprint density at radius 2 is 1.83 bits per heavy atom. The van der Waals surface area contributed by atoms with Crippen LogP contribution in [0.3, 0.4) is 0 Å². The van der Waals surface area contributed by atoms with Gasteiger partial charge >= 0.3 is 0 Å². The minimum Gasteiger partial charge on any atom is -0.366 e. The van der Waals surface area contributed by atoms with Gasteiger partial charge in [-0.2, -0.15) is 4.98 Å². The molecule has 4 nitrogen and oxygen atoms in total. The summed E-state index contributed by atoms with van der Waals surface area (Å²) in [6.07, 6.45) is 0. The third-order valence-corrected chi connectivity index (χ3v) is 3.26. The number of hydrogen-bond acceptors (Lipinski definition) is 3. The van der Waals surface area contributed by atoms with Crippen LogP contribution in [0, 0.1) is 13.8 Å². The average molecular weight is 238 g/mol. The highest BCUT2D eigenvalue weighted by molar-refractivity contribution is 5.68. The first kappa shape index (κ1) is 10.8. The Hall–Kier alpha value is -2.36. The van der Waals surface area contributed by atoms with Crippen molar-refractivity contribution in [3.8, 4) is 11.3 Å². The molecule has 2 aromatic heterocycles. The molecular formula is C14H14N4. The fraction of sp³-hybridized carbons (Fsp3) is 0.143. The number of anilines is 1. The number of nitrogens with two attached hydrogens (primary N) is 1. The summed E-state index contributed by atoms with van der Waals surface area (Å²) < 4.78 is 1.79. The highest BCUT2D eigenvalue weighted by Crippen LogP contribution is 2.25. The number of nitrogen functional groups attached to an aromatic ring is 1. The maximum atomic E-state index is 5.66. The van der Waals surface area contributed by atoms with Crippen molar-refractivity contribution in [1.82, 2.24) is 14.6 Å². The number of nitrogens with zero attached hydrogens (tertiary/aromatic N) is 3. The number of aryl methyl sites for hydroxylation is 1. The van der Waals surface area contributed by atoms with E-state index in [0.29, 0.717) is 5.95 Å². The van der Waals surface area contributed by atoms with Gasteiger partial charge in [0, 0.05) is 5.56 Å². The Labute approximate surface area is 105 Å². The van der Waals surface area contributed by atoms with Crippen molar-refractivity contribution < 1.29 is 0 Å². The molecule has 0 bridgehead atoms. The van der Waals surface area contributed by atoms with E-state index in [2.05, 4.69) is 42.1 Å². The van der Waals surface area contributed by atoms with E-state index in [1.165, 1.54) is 11.1 Å². The Kier molecular flexibility index (Phi) is 2.30. The van der Waals surface area contributed by atoms with Crippen LogP contribution < -0.4 is 5.73 Å². The van der Waals surface area contributed by atoms with Crippen molar-refractivity contribution in [2.24, 2.45) is 0 Å². The monoisotopic (exact) mass is 238 g/mol. The number of fused-ring (bicyclic) bond motifs is 1. The van der Waals surface area contributed by atoms with E-state index >= 15 is 0 Å². The third kappa shape index (κ3) is 1.54. The summed E-state index contributed by atoms with van der Waals surface area (Å²) >= 11 is 0. The second kappa shape index (κ2) is 3.84. The Balaban J connectivity index is 2.34. The minimum atomic E-state index is 0.299. The zero-order valence-corrected chi connectivity index (χ0v) is 10.4. The van der Waals surface area contributed by atoms with Crippen molar-refractivity contribution in [3.63, 3.8) is 0 Å². The molecule has 0 atom stereocenters. The molecule has 3 aromatic rings. The standard InChI is InChI=1S/C14H14N4/c1-9-5-3-6-11(10(9)2)12-7-4-8-13-16-14(15)17-18(12)13/h3-8H,1-2H3,(H2,15,17). The quantitative estimate of drug-likeness (QED) is 0.709. The van der Waals surface area contributed by atoms with Crippen molar-refractivity contribution in [1.29, 1.82) is 0 Å². The zero-order chi connectivity index (χ0) is 12.7. The lowest BCUT2D eigenvalue weighted by molar-refractivity contribution is 0.974. The average Bonchev–Trinajstić information content (AvgIpc) is 2.73. The smallest absolute Gasteiger partial charge is 0.240 e. The summed E-state index contributed by atoms with van der Waals surface area (Å²) in [7, 11) is 0. The topological polar surface area (TPSA) is 56.2 Å². The zero-order valence-electron chi connectivity index (χ0n) is 10.4. The summed E-state index contributed by atoms with van der Waals surface area (Å²) in [4.78, 5) is 4.18. The summed E-state index contributed by atoms with van der Waals surface area (Å²) in [6, 6.07) is 12.2. The van der Waals surface area contributed by atoms with Crippen molar-refractivity contribution in [2.75, 3.05) is 5.73 Å². The molecule has 18 heavy (non-hydrogen) atoms. The van der Waals surface area contributed by atoms with Crippen LogP contribution in [0.5, 0.6) is 0 Å². The number of aromatic nitrogens is 3. The molecular weight excluding hydrogens is 224 g/mol. The van der Waals surface area contributed by atoms with Gasteiger partial charge in [-0.25, -0.2) is 4.52 Å². The highest BCUT2D eigenvalue weighted by atomic mass is 15.3. The highest BCUT2D eigenvalue weighted by Gasteiger charge is 2.09. The van der Waals surface area contributed by atoms with Crippen LogP contribution in [0.1, 0.15) is 11.1 Å². The van der Waals surface area contributed by atoms with E-state index in [1.807, 2.05) is 18.2 Å². The molecule has 0 fully saturated rings. The molecule has 0 unspecified atom stereocenters. The molecule has 0 amide bonds. The molecule has 0 spiro atoms. The van der Waals surface area contributed by atoms with Gasteiger partial charge in [0.2, 0.25) is 5.95 Å². The van der Waals surface area contributed by atoms with Crippen LogP contribution >= 0.6 is 0 Å². The van der Waals surface area contributed by atoms with Gasteiger partial charge in [0.15, 0.2) is 5.65 Å². The van der Waals surface area contributed by atoms with Crippen LogP contribution in [-0.2, 0) is 0 Å². The van der Waals surface area contributed by atoms with Gasteiger partial charge in [-0.3, -0.25) is 0 Å². The van der Waals surface area contributed by atoms with E-state index < -0.39 is 0 Å². The molecule has 0 saturated carbocycles. The fourth-order valence-electron chi connectivity index (χ4n) is 2.15. The number of pyridine rings is 1. The lowest BCUT2D eigenvalue weighted by atomic mass is 10.0. The van der Waals surface area contributed by atoms with Crippen molar-refractivity contribution in [3.05, 3.63) is 47.5 Å². The van der Waals surface area contributed by atoms with Crippen LogP contribution in [-0.4, -0.2) is 14.6 Å². The van der Waals surface area contributed by atoms with E-state index in [1.54, 1.807) is 4.52 Å². The SMILES string of the molecule is Cc1cccc(-c2cccc3nc(N)nn23)c1C. The molecule has 0 aliphatic carbocycles. The third-order valence-electron chi connectivity index (χ3n) is 3.26. The summed E-state index contributed by atoms with van der Waals surface area (Å²) in [6.45, 7) is 4.22. The number of hydrogen-bond donors (Lipinski definition) is 1. The lowest BCUT2D eigenvalue weighted by Gasteiger charge is -2.09. The molecule has 1 aromatic carbocycles. The normalized spacial score (nSPS) is 11.0. The van der Waals surface area contributed by atoms with Gasteiger partial charge in [0.05, 0.1) is 5.69 Å². The molecule has 3 rings (SSSR count). The Bertz CT molecular complexity index is 728. The van der Waals surface area contributed by atoms with Gasteiger partial charge in [0.1, 0.15) is 0 Å². The largest absolute Gasteiger partial charge is 0.366 e. The van der Waals surface area contributed by atoms with Crippen molar-refractivity contribution >= 4 is 11.6 Å². The second-order valence-corrected chi connectivity index (χ2v) is 4.40. The number of benzene rings is 1. The summed E-state index contributed by atoms with van der Waals surface area (Å²) in [5, 5.41) is 4.24. The Morgan fingerprint density at radius 3 is 2.67 bits per heavy atom. The van der Waals surface area contributed by atoms with E-state index in [4.69, 9.17) is 5.73 Å². The van der Waals surface area contributed by atoms with Crippen LogP contribution in [0.15, 0.2) is 36.4 Å².